The predicted molar refractivity (Wildman–Crippen MR) is 68.0 cm³/mol. The molecule has 0 saturated carbocycles. The lowest BCUT2D eigenvalue weighted by Crippen LogP contribution is -2.00. The minimum Gasteiger partial charge on any atom is -0.478 e. The number of hydrogen-bond acceptors (Lipinski definition) is 2. The van der Waals surface area contributed by atoms with Gasteiger partial charge in [0.1, 0.15) is 5.82 Å². The van der Waals surface area contributed by atoms with Gasteiger partial charge in [0.15, 0.2) is 0 Å². The molecule has 0 aliphatic carbocycles. The predicted octanol–water partition coefficient (Wildman–Crippen LogP) is 3.03. The zero-order valence-electron chi connectivity index (χ0n) is 9.22. The molecule has 0 aliphatic rings. The normalized spacial score (nSPS) is 10.5. The third kappa shape index (κ3) is 2.24. The van der Waals surface area contributed by atoms with E-state index in [0.717, 1.165) is 17.9 Å². The van der Waals surface area contributed by atoms with Gasteiger partial charge in [-0.05, 0) is 35.0 Å². The van der Waals surface area contributed by atoms with Gasteiger partial charge in [-0.25, -0.2) is 9.78 Å². The van der Waals surface area contributed by atoms with Crippen LogP contribution in [-0.2, 0) is 6.54 Å². The third-order valence-electron chi connectivity index (χ3n) is 2.51. The molecular weight excluding hydrogens is 284 g/mol. The minimum absolute atomic E-state index is 0.244. The summed E-state index contributed by atoms with van der Waals surface area (Å²) in [6.07, 6.45) is 3.58. The molecule has 0 amide bonds. The van der Waals surface area contributed by atoms with Gasteiger partial charge in [-0.2, -0.15) is 0 Å². The molecule has 5 heteroatoms. The number of hydrogen-bond donors (Lipinski definition) is 1. The van der Waals surface area contributed by atoms with Gasteiger partial charge in [0.05, 0.1) is 5.56 Å². The number of aromatic carboxylic acids is 1. The van der Waals surface area contributed by atoms with Crippen LogP contribution >= 0.6 is 15.9 Å². The van der Waals surface area contributed by atoms with E-state index >= 15 is 0 Å². The Labute approximate surface area is 107 Å². The van der Waals surface area contributed by atoms with E-state index in [-0.39, 0.29) is 5.56 Å². The second-order valence-corrected chi connectivity index (χ2v) is 4.39. The van der Waals surface area contributed by atoms with Crippen LogP contribution in [0, 0.1) is 0 Å². The van der Waals surface area contributed by atoms with E-state index in [0.29, 0.717) is 4.47 Å². The van der Waals surface area contributed by atoms with Crippen LogP contribution in [0.15, 0.2) is 35.1 Å². The van der Waals surface area contributed by atoms with E-state index < -0.39 is 5.97 Å². The zero-order chi connectivity index (χ0) is 12.4. The minimum atomic E-state index is -0.951. The van der Waals surface area contributed by atoms with Gasteiger partial charge in [-0.1, -0.05) is 6.07 Å². The maximum atomic E-state index is 11.0. The van der Waals surface area contributed by atoms with Crippen molar-refractivity contribution < 1.29 is 9.90 Å². The second kappa shape index (κ2) is 4.71. The van der Waals surface area contributed by atoms with Gasteiger partial charge in [-0.15, -0.1) is 0 Å². The first-order chi connectivity index (χ1) is 8.13. The van der Waals surface area contributed by atoms with Gasteiger partial charge in [-0.3, -0.25) is 0 Å². The van der Waals surface area contributed by atoms with Crippen molar-refractivity contribution >= 4 is 21.9 Å². The lowest BCUT2D eigenvalue weighted by Gasteiger charge is -2.06. The summed E-state index contributed by atoms with van der Waals surface area (Å²) >= 11 is 3.22. The van der Waals surface area contributed by atoms with Crippen molar-refractivity contribution in [3.05, 3.63) is 40.6 Å². The molecule has 2 aromatic rings. The highest BCUT2D eigenvalue weighted by atomic mass is 79.9. The zero-order valence-corrected chi connectivity index (χ0v) is 10.8. The molecule has 1 aromatic carbocycles. The molecule has 0 aliphatic heterocycles. The summed E-state index contributed by atoms with van der Waals surface area (Å²) in [6, 6.07) is 5.21. The number of benzene rings is 1. The van der Waals surface area contributed by atoms with Crippen LogP contribution in [-0.4, -0.2) is 20.6 Å². The fraction of sp³-hybridized carbons (Fsp3) is 0.167. The van der Waals surface area contributed by atoms with E-state index in [1.807, 2.05) is 23.8 Å². The van der Waals surface area contributed by atoms with Crippen LogP contribution in [0.3, 0.4) is 0 Å². The Morgan fingerprint density at radius 3 is 2.94 bits per heavy atom. The van der Waals surface area contributed by atoms with Crippen molar-refractivity contribution in [1.29, 1.82) is 0 Å². The van der Waals surface area contributed by atoms with Crippen molar-refractivity contribution in [1.82, 2.24) is 9.55 Å². The highest BCUT2D eigenvalue weighted by Crippen LogP contribution is 2.24. The summed E-state index contributed by atoms with van der Waals surface area (Å²) in [6.45, 7) is 2.82. The largest absolute Gasteiger partial charge is 0.478 e. The lowest BCUT2D eigenvalue weighted by atomic mass is 10.1. The number of carbonyl (C=O) groups is 1. The van der Waals surface area contributed by atoms with E-state index in [1.54, 1.807) is 18.3 Å². The second-order valence-electron chi connectivity index (χ2n) is 3.54. The van der Waals surface area contributed by atoms with E-state index in [1.165, 1.54) is 0 Å². The van der Waals surface area contributed by atoms with Gasteiger partial charge in [0.25, 0.3) is 0 Å². The van der Waals surface area contributed by atoms with Crippen molar-refractivity contribution in [3.63, 3.8) is 0 Å². The summed E-state index contributed by atoms with van der Waals surface area (Å²) in [5.41, 5.74) is 1.05. The molecule has 0 fully saturated rings. The topological polar surface area (TPSA) is 55.1 Å². The molecule has 2 rings (SSSR count). The Hall–Kier alpha value is -1.62. The Bertz CT molecular complexity index is 563. The van der Waals surface area contributed by atoms with Crippen molar-refractivity contribution in [2.75, 3.05) is 0 Å². The fourth-order valence-electron chi connectivity index (χ4n) is 1.65. The maximum absolute atomic E-state index is 11.0. The molecule has 0 radical (unpaired) electrons. The Morgan fingerprint density at radius 1 is 1.53 bits per heavy atom. The Balaban J connectivity index is 2.54. The number of carboxylic acid groups (broad SMARTS) is 1. The first-order valence-electron chi connectivity index (χ1n) is 5.18. The summed E-state index contributed by atoms with van der Waals surface area (Å²) in [4.78, 5) is 15.3. The van der Waals surface area contributed by atoms with Crippen LogP contribution in [0.2, 0.25) is 0 Å². The monoisotopic (exact) mass is 294 g/mol. The van der Waals surface area contributed by atoms with Crippen LogP contribution in [0.1, 0.15) is 17.3 Å². The summed E-state index contributed by atoms with van der Waals surface area (Å²) < 4.78 is 2.54. The molecule has 1 aromatic heterocycles. The van der Waals surface area contributed by atoms with Crippen molar-refractivity contribution in [3.8, 4) is 11.4 Å². The number of imidazole rings is 1. The number of rotatable bonds is 3. The number of aromatic nitrogens is 2. The fourth-order valence-corrected chi connectivity index (χ4v) is 2.07. The first kappa shape index (κ1) is 11.9. The van der Waals surface area contributed by atoms with Crippen LogP contribution < -0.4 is 0 Å². The first-order valence-corrected chi connectivity index (χ1v) is 5.97. The highest BCUT2D eigenvalue weighted by Gasteiger charge is 2.12. The molecule has 4 nitrogen and oxygen atoms in total. The average molecular weight is 295 g/mol. The number of halogens is 1. The molecule has 17 heavy (non-hydrogen) atoms. The van der Waals surface area contributed by atoms with Crippen LogP contribution in [0.4, 0.5) is 0 Å². The molecule has 1 heterocycles. The molecule has 0 bridgehead atoms. The molecule has 88 valence electrons. The van der Waals surface area contributed by atoms with Gasteiger partial charge < -0.3 is 9.67 Å². The lowest BCUT2D eigenvalue weighted by molar-refractivity contribution is 0.0696. The van der Waals surface area contributed by atoms with Gasteiger partial charge in [0.2, 0.25) is 0 Å². The van der Waals surface area contributed by atoms with Gasteiger partial charge in [0, 0.05) is 29.0 Å². The molecule has 1 N–H and O–H groups in total. The van der Waals surface area contributed by atoms with Crippen LogP contribution in [0.5, 0.6) is 0 Å². The smallest absolute Gasteiger partial charge is 0.336 e. The Morgan fingerprint density at radius 2 is 2.29 bits per heavy atom. The standard InChI is InChI=1S/C12H11BrN2O2/c1-2-15-6-5-14-11(15)8-3-4-10(13)9(7-8)12(16)17/h3-7H,2H2,1H3,(H,16,17). The molecule has 0 unspecified atom stereocenters. The van der Waals surface area contributed by atoms with E-state index in [2.05, 4.69) is 20.9 Å². The van der Waals surface area contributed by atoms with E-state index in [9.17, 15) is 4.79 Å². The number of carboxylic acids is 1. The van der Waals surface area contributed by atoms with Crippen molar-refractivity contribution in [2.45, 2.75) is 13.5 Å². The summed E-state index contributed by atoms with van der Waals surface area (Å²) in [7, 11) is 0. The SMILES string of the molecule is CCn1ccnc1-c1ccc(Br)c(C(=O)O)c1. The Kier molecular flexibility index (Phi) is 3.28. The molecular formula is C12H11BrN2O2. The highest BCUT2D eigenvalue weighted by molar-refractivity contribution is 9.10. The number of nitrogens with zero attached hydrogens (tertiary/aromatic N) is 2. The van der Waals surface area contributed by atoms with E-state index in [4.69, 9.17) is 5.11 Å². The molecule has 0 atom stereocenters. The maximum Gasteiger partial charge on any atom is 0.336 e. The molecule has 0 spiro atoms. The summed E-state index contributed by atoms with van der Waals surface area (Å²) in [5.74, 6) is -0.171. The van der Waals surface area contributed by atoms with Gasteiger partial charge >= 0.3 is 5.97 Å². The number of aryl methyl sites for hydroxylation is 1. The molecule has 0 saturated heterocycles. The van der Waals surface area contributed by atoms with Crippen molar-refractivity contribution in [2.24, 2.45) is 0 Å². The van der Waals surface area contributed by atoms with Crippen LogP contribution in [0.25, 0.3) is 11.4 Å². The average Bonchev–Trinajstić information content (AvgIpc) is 2.77. The quantitative estimate of drug-likeness (QED) is 0.947. The third-order valence-corrected chi connectivity index (χ3v) is 3.20. The summed E-state index contributed by atoms with van der Waals surface area (Å²) in [5, 5.41) is 9.06.